The minimum absolute atomic E-state index is 0.142. The van der Waals surface area contributed by atoms with Crippen LogP contribution < -0.4 is 4.74 Å². The predicted molar refractivity (Wildman–Crippen MR) is 58.5 cm³/mol. The van der Waals surface area contributed by atoms with E-state index in [1.54, 1.807) is 14.0 Å². The summed E-state index contributed by atoms with van der Waals surface area (Å²) in [6.45, 7) is 5.83. The van der Waals surface area contributed by atoms with Crippen LogP contribution in [0.25, 0.3) is 0 Å². The predicted octanol–water partition coefficient (Wildman–Crippen LogP) is 3.49. The normalized spacial score (nSPS) is 10.7. The molecule has 0 aliphatic carbocycles. The molecule has 0 saturated carbocycles. The highest BCUT2D eigenvalue weighted by Crippen LogP contribution is 2.40. The summed E-state index contributed by atoms with van der Waals surface area (Å²) >= 11 is 5.98. The quantitative estimate of drug-likeness (QED) is 0.817. The molecule has 14 heavy (non-hydrogen) atoms. The fraction of sp³-hybridized carbons (Fsp3) is 0.455. The van der Waals surface area contributed by atoms with Crippen molar-refractivity contribution >= 4 is 11.6 Å². The van der Waals surface area contributed by atoms with Gasteiger partial charge in [-0.05, 0) is 18.9 Å². The number of benzene rings is 1. The molecule has 2 nitrogen and oxygen atoms in total. The second-order valence-electron chi connectivity index (χ2n) is 3.61. The highest BCUT2D eigenvalue weighted by atomic mass is 35.5. The van der Waals surface area contributed by atoms with Crippen molar-refractivity contribution in [1.82, 2.24) is 0 Å². The van der Waals surface area contributed by atoms with Crippen molar-refractivity contribution in [1.29, 1.82) is 0 Å². The topological polar surface area (TPSA) is 29.5 Å². The van der Waals surface area contributed by atoms with Crippen molar-refractivity contribution in [2.75, 3.05) is 7.11 Å². The molecule has 0 amide bonds. The molecular formula is C11H15ClO2. The average Bonchev–Trinajstić information content (AvgIpc) is 2.13. The number of hydrogen-bond donors (Lipinski definition) is 1. The van der Waals surface area contributed by atoms with Gasteiger partial charge in [-0.2, -0.15) is 0 Å². The largest absolute Gasteiger partial charge is 0.504 e. The van der Waals surface area contributed by atoms with Crippen LogP contribution in [0.4, 0.5) is 0 Å². The molecule has 0 fully saturated rings. The monoisotopic (exact) mass is 214 g/mol. The Morgan fingerprint density at radius 1 is 1.43 bits per heavy atom. The zero-order chi connectivity index (χ0) is 10.9. The molecule has 0 spiro atoms. The lowest BCUT2D eigenvalue weighted by Gasteiger charge is -2.15. The van der Waals surface area contributed by atoms with Crippen LogP contribution in [0.3, 0.4) is 0 Å². The summed E-state index contributed by atoms with van der Waals surface area (Å²) < 4.78 is 5.16. The van der Waals surface area contributed by atoms with E-state index >= 15 is 0 Å². The van der Waals surface area contributed by atoms with Gasteiger partial charge in [0, 0.05) is 16.1 Å². The van der Waals surface area contributed by atoms with Crippen LogP contribution in [-0.4, -0.2) is 12.2 Å². The zero-order valence-corrected chi connectivity index (χ0v) is 9.64. The van der Waals surface area contributed by atoms with Crippen molar-refractivity contribution in [2.24, 2.45) is 0 Å². The Kier molecular flexibility index (Phi) is 3.27. The van der Waals surface area contributed by atoms with Crippen molar-refractivity contribution in [3.05, 3.63) is 22.2 Å². The van der Waals surface area contributed by atoms with E-state index in [4.69, 9.17) is 16.3 Å². The highest BCUT2D eigenvalue weighted by molar-refractivity contribution is 6.31. The van der Waals surface area contributed by atoms with Crippen LogP contribution in [0, 0.1) is 6.92 Å². The maximum absolute atomic E-state index is 9.80. The summed E-state index contributed by atoms with van der Waals surface area (Å²) in [5.74, 6) is 0.944. The van der Waals surface area contributed by atoms with E-state index in [2.05, 4.69) is 0 Å². The van der Waals surface area contributed by atoms with Gasteiger partial charge in [0.1, 0.15) is 0 Å². The van der Waals surface area contributed by atoms with Gasteiger partial charge in [-0.25, -0.2) is 0 Å². The highest BCUT2D eigenvalue weighted by Gasteiger charge is 2.16. The number of phenolic OH excluding ortho intramolecular Hbond substituents is 1. The van der Waals surface area contributed by atoms with Gasteiger partial charge < -0.3 is 9.84 Å². The minimum atomic E-state index is 0.142. The van der Waals surface area contributed by atoms with E-state index in [0.717, 1.165) is 5.56 Å². The molecule has 0 radical (unpaired) electrons. The number of methoxy groups -OCH3 is 1. The molecule has 1 rings (SSSR count). The van der Waals surface area contributed by atoms with Crippen LogP contribution in [0.5, 0.6) is 11.5 Å². The maximum Gasteiger partial charge on any atom is 0.164 e. The number of phenols is 1. The molecule has 0 unspecified atom stereocenters. The zero-order valence-electron chi connectivity index (χ0n) is 8.89. The number of halogens is 1. The molecule has 0 bridgehead atoms. The molecule has 0 aliphatic heterocycles. The third kappa shape index (κ3) is 1.80. The van der Waals surface area contributed by atoms with Gasteiger partial charge in [-0.15, -0.1) is 0 Å². The lowest BCUT2D eigenvalue weighted by atomic mass is 9.99. The van der Waals surface area contributed by atoms with Gasteiger partial charge in [-0.1, -0.05) is 25.4 Å². The summed E-state index contributed by atoms with van der Waals surface area (Å²) in [7, 11) is 1.55. The second kappa shape index (κ2) is 4.09. The third-order valence-electron chi connectivity index (χ3n) is 2.30. The summed E-state index contributed by atoms with van der Waals surface area (Å²) in [5, 5.41) is 10.4. The van der Waals surface area contributed by atoms with Gasteiger partial charge in [-0.3, -0.25) is 0 Å². The van der Waals surface area contributed by atoms with Crippen LogP contribution in [-0.2, 0) is 0 Å². The Morgan fingerprint density at radius 3 is 2.43 bits per heavy atom. The Morgan fingerprint density at radius 2 is 2.00 bits per heavy atom. The lowest BCUT2D eigenvalue weighted by molar-refractivity contribution is 0.366. The van der Waals surface area contributed by atoms with Crippen LogP contribution in [0.15, 0.2) is 6.07 Å². The van der Waals surface area contributed by atoms with E-state index < -0.39 is 0 Å². The van der Waals surface area contributed by atoms with Crippen molar-refractivity contribution in [2.45, 2.75) is 26.7 Å². The lowest BCUT2D eigenvalue weighted by Crippen LogP contribution is -1.96. The van der Waals surface area contributed by atoms with Crippen LogP contribution in [0.2, 0.25) is 5.02 Å². The number of rotatable bonds is 2. The van der Waals surface area contributed by atoms with Gasteiger partial charge in [0.2, 0.25) is 0 Å². The third-order valence-corrected chi connectivity index (χ3v) is 2.69. The van der Waals surface area contributed by atoms with Gasteiger partial charge in [0.15, 0.2) is 11.5 Å². The van der Waals surface area contributed by atoms with Gasteiger partial charge in [0.05, 0.1) is 7.11 Å². The summed E-state index contributed by atoms with van der Waals surface area (Å²) in [6.07, 6.45) is 0. The first kappa shape index (κ1) is 11.2. The number of aromatic hydroxyl groups is 1. The van der Waals surface area contributed by atoms with E-state index in [-0.39, 0.29) is 11.7 Å². The first-order valence-corrected chi connectivity index (χ1v) is 4.92. The second-order valence-corrected chi connectivity index (χ2v) is 4.02. The van der Waals surface area contributed by atoms with Crippen LogP contribution >= 0.6 is 11.6 Å². The Labute approximate surface area is 89.5 Å². The molecule has 1 aromatic rings. The van der Waals surface area contributed by atoms with E-state index in [1.165, 1.54) is 0 Å². The molecule has 78 valence electrons. The number of ether oxygens (including phenoxy) is 1. The van der Waals surface area contributed by atoms with Crippen LogP contribution in [0.1, 0.15) is 30.9 Å². The molecule has 0 aliphatic rings. The van der Waals surface area contributed by atoms with Gasteiger partial charge in [0.25, 0.3) is 0 Å². The smallest absolute Gasteiger partial charge is 0.164 e. The molecule has 1 N–H and O–H groups in total. The fourth-order valence-electron chi connectivity index (χ4n) is 1.37. The molecule has 0 atom stereocenters. The first-order chi connectivity index (χ1) is 6.49. The average molecular weight is 215 g/mol. The Hall–Kier alpha value is -0.890. The molecule has 0 heterocycles. The molecule has 0 saturated heterocycles. The fourth-order valence-corrected chi connectivity index (χ4v) is 1.58. The first-order valence-electron chi connectivity index (χ1n) is 4.55. The summed E-state index contributed by atoms with van der Waals surface area (Å²) in [4.78, 5) is 0. The van der Waals surface area contributed by atoms with Crippen molar-refractivity contribution in [3.63, 3.8) is 0 Å². The van der Waals surface area contributed by atoms with E-state index in [0.29, 0.717) is 16.3 Å². The maximum atomic E-state index is 9.80. The van der Waals surface area contributed by atoms with E-state index in [1.807, 2.05) is 19.9 Å². The SMILES string of the molecule is COc1c(C(C)C)cc(Cl)c(C)c1O. The molecule has 0 aromatic heterocycles. The number of hydrogen-bond acceptors (Lipinski definition) is 2. The molecular weight excluding hydrogens is 200 g/mol. The molecule has 1 aromatic carbocycles. The van der Waals surface area contributed by atoms with E-state index in [9.17, 15) is 5.11 Å². The molecule has 3 heteroatoms. The summed E-state index contributed by atoms with van der Waals surface area (Å²) in [6, 6.07) is 1.85. The van der Waals surface area contributed by atoms with Gasteiger partial charge >= 0.3 is 0 Å². The Balaban J connectivity index is 3.43. The standard InChI is InChI=1S/C11H15ClO2/c1-6(2)8-5-9(12)7(3)10(13)11(8)14-4/h5-6,13H,1-4H3. The minimum Gasteiger partial charge on any atom is -0.504 e. The van der Waals surface area contributed by atoms with Crippen molar-refractivity contribution in [3.8, 4) is 11.5 Å². The summed E-state index contributed by atoms with van der Waals surface area (Å²) in [5.41, 5.74) is 1.59. The Bertz CT molecular complexity index is 346. The van der Waals surface area contributed by atoms with Crippen molar-refractivity contribution < 1.29 is 9.84 Å².